The maximum atomic E-state index is 12.1. The van der Waals surface area contributed by atoms with Gasteiger partial charge in [-0.25, -0.2) is 4.79 Å². The van der Waals surface area contributed by atoms with Crippen LogP contribution in [0.15, 0.2) is 0 Å². The van der Waals surface area contributed by atoms with Crippen LogP contribution in [0.5, 0.6) is 0 Å². The van der Waals surface area contributed by atoms with Gasteiger partial charge in [0.2, 0.25) is 0 Å². The molecule has 0 saturated carbocycles. The second kappa shape index (κ2) is 7.18. The predicted molar refractivity (Wildman–Crippen MR) is 89.0 cm³/mol. The molecule has 5 heteroatoms. The van der Waals surface area contributed by atoms with Gasteiger partial charge in [-0.1, -0.05) is 0 Å². The van der Waals surface area contributed by atoms with E-state index in [0.29, 0.717) is 12.1 Å². The Kier molecular flexibility index (Phi) is 5.72. The summed E-state index contributed by atoms with van der Waals surface area (Å²) in [5.41, 5.74) is -0.413. The molecule has 2 rings (SSSR count). The molecule has 0 spiro atoms. The number of nitrogens with zero attached hydrogens (tertiary/aromatic N) is 2. The summed E-state index contributed by atoms with van der Waals surface area (Å²) in [6.45, 7) is 12.0. The van der Waals surface area contributed by atoms with Gasteiger partial charge in [0.25, 0.3) is 0 Å². The predicted octanol–water partition coefficient (Wildman–Crippen LogP) is 2.32. The highest BCUT2D eigenvalue weighted by molar-refractivity contribution is 5.68. The van der Waals surface area contributed by atoms with Crippen LogP contribution >= 0.6 is 0 Å². The van der Waals surface area contributed by atoms with Crippen molar-refractivity contribution in [3.8, 4) is 0 Å². The summed E-state index contributed by atoms with van der Waals surface area (Å²) in [5.74, 6) is 0.756. The van der Waals surface area contributed by atoms with Crippen molar-refractivity contribution in [1.82, 2.24) is 15.1 Å². The Labute approximate surface area is 135 Å². The van der Waals surface area contributed by atoms with E-state index in [2.05, 4.69) is 24.2 Å². The molecule has 2 fully saturated rings. The Hall–Kier alpha value is -0.810. The summed E-state index contributed by atoms with van der Waals surface area (Å²) in [6, 6.07) is 0.930. The molecule has 22 heavy (non-hydrogen) atoms. The molecule has 0 aliphatic carbocycles. The second-order valence-corrected chi connectivity index (χ2v) is 8.01. The molecule has 0 aromatic heterocycles. The van der Waals surface area contributed by atoms with Gasteiger partial charge in [-0.05, 0) is 73.0 Å². The minimum atomic E-state index is -0.413. The van der Waals surface area contributed by atoms with Crippen LogP contribution < -0.4 is 5.32 Å². The van der Waals surface area contributed by atoms with E-state index in [0.717, 1.165) is 25.4 Å². The van der Waals surface area contributed by atoms with Crippen molar-refractivity contribution in [2.45, 2.75) is 64.6 Å². The van der Waals surface area contributed by atoms with Crippen molar-refractivity contribution in [3.05, 3.63) is 0 Å². The first-order chi connectivity index (χ1) is 10.2. The Morgan fingerprint density at radius 2 is 1.82 bits per heavy atom. The summed E-state index contributed by atoms with van der Waals surface area (Å²) in [6.07, 6.45) is 3.39. The molecule has 1 amide bonds. The first kappa shape index (κ1) is 17.5. The lowest BCUT2D eigenvalue weighted by Crippen LogP contribution is -2.46. The van der Waals surface area contributed by atoms with Gasteiger partial charge < -0.3 is 19.9 Å². The van der Waals surface area contributed by atoms with E-state index >= 15 is 0 Å². The molecule has 2 atom stereocenters. The van der Waals surface area contributed by atoms with Gasteiger partial charge in [-0.2, -0.15) is 0 Å². The lowest BCUT2D eigenvalue weighted by molar-refractivity contribution is 0.0289. The zero-order chi connectivity index (χ0) is 16.3. The van der Waals surface area contributed by atoms with Crippen molar-refractivity contribution in [2.24, 2.45) is 5.92 Å². The number of amides is 1. The van der Waals surface area contributed by atoms with Crippen molar-refractivity contribution < 1.29 is 9.53 Å². The van der Waals surface area contributed by atoms with E-state index in [9.17, 15) is 4.79 Å². The second-order valence-electron chi connectivity index (χ2n) is 8.01. The monoisotopic (exact) mass is 311 g/mol. The minimum absolute atomic E-state index is 0.177. The highest BCUT2D eigenvalue weighted by Gasteiger charge is 2.31. The summed E-state index contributed by atoms with van der Waals surface area (Å²) in [4.78, 5) is 16.3. The molecular weight excluding hydrogens is 278 g/mol. The van der Waals surface area contributed by atoms with Gasteiger partial charge in [0.1, 0.15) is 5.60 Å². The minimum Gasteiger partial charge on any atom is -0.444 e. The van der Waals surface area contributed by atoms with Crippen LogP contribution in [0.25, 0.3) is 0 Å². The highest BCUT2D eigenvalue weighted by atomic mass is 16.6. The normalized spacial score (nSPS) is 26.2. The third-order valence-corrected chi connectivity index (χ3v) is 4.81. The molecule has 2 heterocycles. The number of carbonyl (C=O) groups is 1. The number of nitrogens with one attached hydrogen (secondary N) is 1. The smallest absolute Gasteiger partial charge is 0.410 e. The molecule has 0 bridgehead atoms. The number of piperidine rings is 1. The topological polar surface area (TPSA) is 44.8 Å². The molecule has 2 saturated heterocycles. The Balaban J connectivity index is 1.75. The molecule has 2 unspecified atom stereocenters. The first-order valence-corrected chi connectivity index (χ1v) is 8.67. The number of carbonyl (C=O) groups excluding carboxylic acids is 1. The van der Waals surface area contributed by atoms with E-state index in [4.69, 9.17) is 4.74 Å². The molecule has 0 aromatic carbocycles. The molecular formula is C17H33N3O2. The maximum Gasteiger partial charge on any atom is 0.410 e. The highest BCUT2D eigenvalue weighted by Crippen LogP contribution is 2.22. The molecule has 0 radical (unpaired) electrons. The van der Waals surface area contributed by atoms with Crippen LogP contribution in [0.1, 0.15) is 47.0 Å². The standard InChI is InChI=1S/C17H33N3O2/c1-13(14-6-9-19(5)10-7-14)18-15-8-11-20(12-15)16(21)22-17(2,3)4/h13-15,18H,6-12H2,1-5H3. The van der Waals surface area contributed by atoms with Gasteiger partial charge >= 0.3 is 6.09 Å². The average Bonchev–Trinajstić information content (AvgIpc) is 2.86. The molecule has 2 aliphatic rings. The Morgan fingerprint density at radius 1 is 1.18 bits per heavy atom. The summed E-state index contributed by atoms with van der Waals surface area (Å²) in [7, 11) is 2.20. The molecule has 1 N–H and O–H groups in total. The van der Waals surface area contributed by atoms with Crippen LogP contribution in [-0.4, -0.2) is 66.8 Å². The van der Waals surface area contributed by atoms with Crippen LogP contribution in [0.3, 0.4) is 0 Å². The fourth-order valence-corrected chi connectivity index (χ4v) is 3.43. The summed E-state index contributed by atoms with van der Waals surface area (Å²) in [5, 5.41) is 3.74. The average molecular weight is 311 g/mol. The Bertz CT molecular complexity index is 373. The first-order valence-electron chi connectivity index (χ1n) is 8.67. The molecule has 2 aliphatic heterocycles. The van der Waals surface area contributed by atoms with Crippen LogP contribution in [-0.2, 0) is 4.74 Å². The van der Waals surface area contributed by atoms with E-state index in [1.165, 1.54) is 25.9 Å². The zero-order valence-corrected chi connectivity index (χ0v) is 14.9. The molecule has 0 aromatic rings. The van der Waals surface area contributed by atoms with Crippen LogP contribution in [0.4, 0.5) is 4.79 Å². The largest absolute Gasteiger partial charge is 0.444 e. The van der Waals surface area contributed by atoms with E-state index in [-0.39, 0.29) is 6.09 Å². The number of hydrogen-bond acceptors (Lipinski definition) is 4. The lowest BCUT2D eigenvalue weighted by Gasteiger charge is -2.34. The van der Waals surface area contributed by atoms with E-state index in [1.807, 2.05) is 25.7 Å². The molecule has 128 valence electrons. The van der Waals surface area contributed by atoms with Crippen molar-refractivity contribution >= 4 is 6.09 Å². The van der Waals surface area contributed by atoms with Crippen molar-refractivity contribution in [3.63, 3.8) is 0 Å². The summed E-state index contributed by atoms with van der Waals surface area (Å²) < 4.78 is 5.46. The Morgan fingerprint density at radius 3 is 2.41 bits per heavy atom. The third-order valence-electron chi connectivity index (χ3n) is 4.81. The van der Waals surface area contributed by atoms with E-state index < -0.39 is 5.60 Å². The lowest BCUT2D eigenvalue weighted by atomic mass is 9.90. The summed E-state index contributed by atoms with van der Waals surface area (Å²) >= 11 is 0. The van der Waals surface area contributed by atoms with Gasteiger partial charge in [-0.15, -0.1) is 0 Å². The van der Waals surface area contributed by atoms with Gasteiger partial charge in [0, 0.05) is 25.2 Å². The van der Waals surface area contributed by atoms with Gasteiger partial charge in [0.15, 0.2) is 0 Å². The third kappa shape index (κ3) is 5.13. The number of rotatable bonds is 3. The zero-order valence-electron chi connectivity index (χ0n) is 14.9. The van der Waals surface area contributed by atoms with Crippen LogP contribution in [0.2, 0.25) is 0 Å². The fourth-order valence-electron chi connectivity index (χ4n) is 3.43. The fraction of sp³-hybridized carbons (Fsp3) is 0.941. The van der Waals surface area contributed by atoms with Gasteiger partial charge in [0.05, 0.1) is 0 Å². The molecule has 5 nitrogen and oxygen atoms in total. The SMILES string of the molecule is CC(NC1CCN(C(=O)OC(C)(C)C)C1)C1CCN(C)CC1. The van der Waals surface area contributed by atoms with Crippen molar-refractivity contribution in [1.29, 1.82) is 0 Å². The maximum absolute atomic E-state index is 12.1. The van der Waals surface area contributed by atoms with Gasteiger partial charge in [-0.3, -0.25) is 0 Å². The number of ether oxygens (including phenoxy) is 1. The van der Waals surface area contributed by atoms with Crippen LogP contribution in [0, 0.1) is 5.92 Å². The quantitative estimate of drug-likeness (QED) is 0.869. The van der Waals surface area contributed by atoms with E-state index in [1.54, 1.807) is 0 Å². The number of hydrogen-bond donors (Lipinski definition) is 1. The number of likely N-dealkylation sites (tertiary alicyclic amines) is 2. The van der Waals surface area contributed by atoms with Crippen molar-refractivity contribution in [2.75, 3.05) is 33.2 Å².